The smallest absolute Gasteiger partial charge is 0.309 e. The predicted octanol–water partition coefficient (Wildman–Crippen LogP) is 3.28. The largest absolute Gasteiger partial charge is 0.481 e. The highest BCUT2D eigenvalue weighted by atomic mass is 35.5. The number of benzene rings is 1. The molecule has 2 heterocycles. The van der Waals surface area contributed by atoms with E-state index in [-0.39, 0.29) is 6.42 Å². The first kappa shape index (κ1) is 12.7. The Bertz CT molecular complexity index is 778. The van der Waals surface area contributed by atoms with Gasteiger partial charge in [-0.25, -0.2) is 4.98 Å². The Morgan fingerprint density at radius 1 is 1.20 bits per heavy atom. The van der Waals surface area contributed by atoms with Crippen LogP contribution < -0.4 is 0 Å². The minimum Gasteiger partial charge on any atom is -0.481 e. The highest BCUT2D eigenvalue weighted by Gasteiger charge is 2.16. The molecule has 0 fully saturated rings. The third-order valence-corrected chi connectivity index (χ3v) is 3.32. The molecule has 0 bridgehead atoms. The molecule has 0 radical (unpaired) electrons. The molecule has 5 heteroatoms. The molecule has 0 spiro atoms. The SMILES string of the molecule is O=C(O)Cc1c(-c2ccc(Cl)cc2)nc2ccccn12. The van der Waals surface area contributed by atoms with Crippen molar-refractivity contribution in [1.82, 2.24) is 9.38 Å². The fourth-order valence-electron chi connectivity index (χ4n) is 2.20. The van der Waals surface area contributed by atoms with Crippen LogP contribution in [0.2, 0.25) is 5.02 Å². The lowest BCUT2D eigenvalue weighted by Crippen LogP contribution is -2.04. The summed E-state index contributed by atoms with van der Waals surface area (Å²) in [4.78, 5) is 15.6. The number of hydrogen-bond donors (Lipinski definition) is 1. The molecule has 3 aromatic rings. The predicted molar refractivity (Wildman–Crippen MR) is 77.0 cm³/mol. The topological polar surface area (TPSA) is 54.6 Å². The number of carboxylic acid groups (broad SMARTS) is 1. The molecule has 0 atom stereocenters. The first-order valence-electron chi connectivity index (χ1n) is 6.09. The van der Waals surface area contributed by atoms with Gasteiger partial charge in [-0.3, -0.25) is 4.79 Å². The second-order valence-corrected chi connectivity index (χ2v) is 4.85. The maximum atomic E-state index is 11.1. The van der Waals surface area contributed by atoms with Gasteiger partial charge in [0.25, 0.3) is 0 Å². The number of fused-ring (bicyclic) bond motifs is 1. The summed E-state index contributed by atoms with van der Waals surface area (Å²) in [5.41, 5.74) is 2.92. The van der Waals surface area contributed by atoms with Crippen LogP contribution >= 0.6 is 11.6 Å². The van der Waals surface area contributed by atoms with Crippen LogP contribution in [-0.2, 0) is 11.2 Å². The number of aromatic nitrogens is 2. The number of halogens is 1. The Morgan fingerprint density at radius 2 is 1.95 bits per heavy atom. The van der Waals surface area contributed by atoms with Crippen molar-refractivity contribution in [2.45, 2.75) is 6.42 Å². The Kier molecular flexibility index (Phi) is 3.16. The normalized spacial score (nSPS) is 10.8. The summed E-state index contributed by atoms with van der Waals surface area (Å²) < 4.78 is 1.80. The van der Waals surface area contributed by atoms with Gasteiger partial charge in [-0.05, 0) is 24.3 Å². The quantitative estimate of drug-likeness (QED) is 0.804. The first-order chi connectivity index (χ1) is 9.65. The molecule has 20 heavy (non-hydrogen) atoms. The van der Waals surface area contributed by atoms with Gasteiger partial charge in [0.15, 0.2) is 0 Å². The van der Waals surface area contributed by atoms with E-state index in [4.69, 9.17) is 16.7 Å². The molecular weight excluding hydrogens is 276 g/mol. The molecule has 3 rings (SSSR count). The molecule has 0 amide bonds. The molecule has 0 aliphatic heterocycles. The van der Waals surface area contributed by atoms with E-state index in [1.165, 1.54) is 0 Å². The van der Waals surface area contributed by atoms with E-state index in [1.54, 1.807) is 16.5 Å². The van der Waals surface area contributed by atoms with Gasteiger partial charge in [0.1, 0.15) is 5.65 Å². The van der Waals surface area contributed by atoms with E-state index in [1.807, 2.05) is 36.5 Å². The van der Waals surface area contributed by atoms with Crippen molar-refractivity contribution < 1.29 is 9.90 Å². The number of nitrogens with zero attached hydrogens (tertiary/aromatic N) is 2. The van der Waals surface area contributed by atoms with Crippen LogP contribution in [0.3, 0.4) is 0 Å². The van der Waals surface area contributed by atoms with E-state index in [2.05, 4.69) is 4.98 Å². The molecular formula is C15H11ClN2O2. The number of carbonyl (C=O) groups is 1. The maximum absolute atomic E-state index is 11.1. The Hall–Kier alpha value is -2.33. The highest BCUT2D eigenvalue weighted by Crippen LogP contribution is 2.26. The van der Waals surface area contributed by atoms with E-state index in [0.29, 0.717) is 16.4 Å². The molecule has 1 N–H and O–H groups in total. The van der Waals surface area contributed by atoms with Crippen LogP contribution in [0.25, 0.3) is 16.9 Å². The van der Waals surface area contributed by atoms with Gasteiger partial charge in [0, 0.05) is 16.8 Å². The average molecular weight is 287 g/mol. The minimum absolute atomic E-state index is 0.0802. The first-order valence-corrected chi connectivity index (χ1v) is 6.46. The molecule has 0 aliphatic carbocycles. The zero-order chi connectivity index (χ0) is 14.1. The second-order valence-electron chi connectivity index (χ2n) is 4.41. The van der Waals surface area contributed by atoms with Crippen molar-refractivity contribution in [3.63, 3.8) is 0 Å². The molecule has 0 aliphatic rings. The summed E-state index contributed by atoms with van der Waals surface area (Å²) in [6.45, 7) is 0. The lowest BCUT2D eigenvalue weighted by atomic mass is 10.1. The molecule has 0 unspecified atom stereocenters. The summed E-state index contributed by atoms with van der Waals surface area (Å²) in [6.07, 6.45) is 1.74. The highest BCUT2D eigenvalue weighted by molar-refractivity contribution is 6.30. The monoisotopic (exact) mass is 286 g/mol. The number of hydrogen-bond acceptors (Lipinski definition) is 2. The van der Waals surface area contributed by atoms with E-state index in [0.717, 1.165) is 11.2 Å². The summed E-state index contributed by atoms with van der Waals surface area (Å²) in [6, 6.07) is 12.8. The average Bonchev–Trinajstić information content (AvgIpc) is 2.78. The second kappa shape index (κ2) is 4.98. The third-order valence-electron chi connectivity index (χ3n) is 3.07. The zero-order valence-electron chi connectivity index (χ0n) is 10.5. The molecule has 0 saturated carbocycles. The Labute approximate surface area is 120 Å². The summed E-state index contributed by atoms with van der Waals surface area (Å²) >= 11 is 5.88. The van der Waals surface area contributed by atoms with Crippen molar-refractivity contribution in [3.05, 3.63) is 59.4 Å². The standard InChI is InChI=1S/C15H11ClN2O2/c16-11-6-4-10(5-7-11)15-12(9-14(19)20)18-8-2-1-3-13(18)17-15/h1-8H,9H2,(H,19,20). The van der Waals surface area contributed by atoms with Gasteiger partial charge in [-0.15, -0.1) is 0 Å². The fourth-order valence-corrected chi connectivity index (χ4v) is 2.32. The van der Waals surface area contributed by atoms with E-state index >= 15 is 0 Å². The number of aliphatic carboxylic acids is 1. The van der Waals surface area contributed by atoms with E-state index in [9.17, 15) is 4.79 Å². The Morgan fingerprint density at radius 3 is 2.65 bits per heavy atom. The lowest BCUT2D eigenvalue weighted by Gasteiger charge is -2.02. The van der Waals surface area contributed by atoms with Gasteiger partial charge >= 0.3 is 5.97 Å². The van der Waals surface area contributed by atoms with Gasteiger partial charge in [-0.1, -0.05) is 29.8 Å². The van der Waals surface area contributed by atoms with Crippen molar-refractivity contribution >= 4 is 23.2 Å². The van der Waals surface area contributed by atoms with Crippen LogP contribution in [0.1, 0.15) is 5.69 Å². The number of imidazole rings is 1. The molecule has 2 aromatic heterocycles. The van der Waals surface area contributed by atoms with Crippen molar-refractivity contribution in [2.75, 3.05) is 0 Å². The minimum atomic E-state index is -0.883. The molecule has 0 saturated heterocycles. The van der Waals surface area contributed by atoms with Crippen LogP contribution in [0.4, 0.5) is 0 Å². The van der Waals surface area contributed by atoms with Crippen LogP contribution in [-0.4, -0.2) is 20.5 Å². The number of rotatable bonds is 3. The van der Waals surface area contributed by atoms with Crippen LogP contribution in [0.15, 0.2) is 48.7 Å². The van der Waals surface area contributed by atoms with Crippen molar-refractivity contribution in [3.8, 4) is 11.3 Å². The van der Waals surface area contributed by atoms with E-state index < -0.39 is 5.97 Å². The summed E-state index contributed by atoms with van der Waals surface area (Å²) in [5.74, 6) is -0.883. The molecule has 100 valence electrons. The third kappa shape index (κ3) is 2.26. The van der Waals surface area contributed by atoms with Crippen LogP contribution in [0.5, 0.6) is 0 Å². The Balaban J connectivity index is 2.23. The van der Waals surface area contributed by atoms with Gasteiger partial charge in [-0.2, -0.15) is 0 Å². The van der Waals surface area contributed by atoms with Gasteiger partial charge in [0.05, 0.1) is 17.8 Å². The van der Waals surface area contributed by atoms with Crippen molar-refractivity contribution in [1.29, 1.82) is 0 Å². The summed E-state index contributed by atoms with van der Waals surface area (Å²) in [7, 11) is 0. The van der Waals surface area contributed by atoms with Crippen molar-refractivity contribution in [2.24, 2.45) is 0 Å². The maximum Gasteiger partial charge on any atom is 0.309 e. The number of pyridine rings is 1. The lowest BCUT2D eigenvalue weighted by molar-refractivity contribution is -0.136. The van der Waals surface area contributed by atoms with Gasteiger partial charge in [0.2, 0.25) is 0 Å². The zero-order valence-corrected chi connectivity index (χ0v) is 11.2. The molecule has 1 aromatic carbocycles. The fraction of sp³-hybridized carbons (Fsp3) is 0.0667. The van der Waals surface area contributed by atoms with Crippen LogP contribution in [0, 0.1) is 0 Å². The molecule has 4 nitrogen and oxygen atoms in total. The van der Waals surface area contributed by atoms with Gasteiger partial charge < -0.3 is 9.51 Å². The number of carboxylic acids is 1. The summed E-state index contributed by atoms with van der Waals surface area (Å²) in [5, 5.41) is 9.73.